The van der Waals surface area contributed by atoms with Crippen molar-refractivity contribution in [1.29, 1.82) is 0 Å². The first-order chi connectivity index (χ1) is 12.8. The van der Waals surface area contributed by atoms with Crippen molar-refractivity contribution >= 4 is 27.4 Å². The topological polar surface area (TPSA) is 67.6 Å². The number of aromatic nitrogens is 3. The fourth-order valence-electron chi connectivity index (χ4n) is 4.19. The summed E-state index contributed by atoms with van der Waals surface area (Å²) >= 11 is 1.72. The normalized spacial score (nSPS) is 17.8. The minimum Gasteiger partial charge on any atom is -0.322 e. The van der Waals surface area contributed by atoms with Gasteiger partial charge >= 0.3 is 0 Å². The summed E-state index contributed by atoms with van der Waals surface area (Å²) in [4.78, 5) is 29.9. The highest BCUT2D eigenvalue weighted by Gasteiger charge is 2.27. The second-order valence-corrected chi connectivity index (χ2v) is 8.30. The van der Waals surface area contributed by atoms with Gasteiger partial charge < -0.3 is 9.88 Å². The van der Waals surface area contributed by atoms with Crippen LogP contribution in [-0.4, -0.2) is 36.1 Å². The number of fused-ring (bicyclic) bond motifs is 3. The van der Waals surface area contributed by atoms with Crippen molar-refractivity contribution in [2.75, 3.05) is 31.1 Å². The van der Waals surface area contributed by atoms with Crippen molar-refractivity contribution in [3.63, 3.8) is 0 Å². The quantitative estimate of drug-likeness (QED) is 0.693. The molecule has 2 aliphatic rings. The number of rotatable bonds is 3. The number of pyridine rings is 1. The first kappa shape index (κ1) is 16.0. The van der Waals surface area contributed by atoms with Crippen molar-refractivity contribution in [3.8, 4) is 0 Å². The van der Waals surface area contributed by atoms with E-state index in [1.165, 1.54) is 27.6 Å². The standard InChI is InChI=1S/C19H21N5OS/c25-18-17-13-4-3-5-14(13)26-19(17)22-15(21-18)12-23-8-10-24(11-9-23)16-6-1-2-7-20-16/h1-2,6-7H,3-5,8-12H2,(H,21,22,25)/p+2. The molecule has 0 bridgehead atoms. The minimum absolute atomic E-state index is 0.0568. The number of hydrogen-bond acceptors (Lipinski definition) is 4. The van der Waals surface area contributed by atoms with E-state index in [1.54, 1.807) is 11.3 Å². The Labute approximate surface area is 155 Å². The predicted octanol–water partition coefficient (Wildman–Crippen LogP) is 0.193. The van der Waals surface area contributed by atoms with Gasteiger partial charge in [0.05, 0.1) is 11.6 Å². The maximum Gasteiger partial charge on any atom is 0.274 e. The third kappa shape index (κ3) is 2.81. The van der Waals surface area contributed by atoms with E-state index in [-0.39, 0.29) is 5.56 Å². The third-order valence-corrected chi connectivity index (χ3v) is 6.73. The number of nitrogens with zero attached hydrogens (tertiary/aromatic N) is 2. The molecule has 26 heavy (non-hydrogen) atoms. The van der Waals surface area contributed by atoms with Gasteiger partial charge in [0.2, 0.25) is 0 Å². The molecule has 0 radical (unpaired) electrons. The molecule has 7 heteroatoms. The molecule has 3 N–H and O–H groups in total. The van der Waals surface area contributed by atoms with Crippen molar-refractivity contribution in [2.24, 2.45) is 0 Å². The van der Waals surface area contributed by atoms with E-state index in [2.05, 4.69) is 27.0 Å². The van der Waals surface area contributed by atoms with Crippen molar-refractivity contribution in [1.82, 2.24) is 9.97 Å². The maximum atomic E-state index is 12.6. The molecule has 5 rings (SSSR count). The van der Waals surface area contributed by atoms with Crippen LogP contribution in [-0.2, 0) is 19.4 Å². The van der Waals surface area contributed by atoms with E-state index >= 15 is 0 Å². The summed E-state index contributed by atoms with van der Waals surface area (Å²) in [7, 11) is 0. The number of aryl methyl sites for hydroxylation is 2. The Hall–Kier alpha value is -2.25. The zero-order valence-electron chi connectivity index (χ0n) is 14.7. The van der Waals surface area contributed by atoms with E-state index in [4.69, 9.17) is 4.98 Å². The Bertz CT molecular complexity index is 988. The van der Waals surface area contributed by atoms with Crippen LogP contribution in [0.5, 0.6) is 0 Å². The molecular weight excluding hydrogens is 346 g/mol. The van der Waals surface area contributed by atoms with Crippen LogP contribution in [0.2, 0.25) is 0 Å². The molecule has 1 saturated heterocycles. The Morgan fingerprint density at radius 1 is 1.27 bits per heavy atom. The highest BCUT2D eigenvalue weighted by molar-refractivity contribution is 7.18. The Morgan fingerprint density at radius 3 is 2.96 bits per heavy atom. The molecule has 0 spiro atoms. The van der Waals surface area contributed by atoms with Gasteiger partial charge in [0.1, 0.15) is 37.6 Å². The number of quaternary nitrogens is 1. The Balaban J connectivity index is 1.31. The SMILES string of the molecule is O=c1[nH]c(C[NH+]2CCN(c3cccc[nH+]3)CC2)nc2sc3c(c12)CCC3. The smallest absolute Gasteiger partial charge is 0.274 e. The van der Waals surface area contributed by atoms with Gasteiger partial charge in [-0.3, -0.25) is 9.69 Å². The average molecular weight is 369 g/mol. The van der Waals surface area contributed by atoms with Crippen LogP contribution in [0.15, 0.2) is 29.2 Å². The summed E-state index contributed by atoms with van der Waals surface area (Å²) in [6.45, 7) is 4.90. The van der Waals surface area contributed by atoms with Gasteiger partial charge in [-0.25, -0.2) is 9.97 Å². The largest absolute Gasteiger partial charge is 0.322 e. The van der Waals surface area contributed by atoms with Crippen LogP contribution < -0.4 is 20.3 Å². The molecule has 3 aromatic rings. The van der Waals surface area contributed by atoms with E-state index in [0.717, 1.165) is 61.6 Å². The average Bonchev–Trinajstić information content (AvgIpc) is 3.24. The molecule has 0 amide bonds. The van der Waals surface area contributed by atoms with Crippen molar-refractivity contribution in [2.45, 2.75) is 25.8 Å². The summed E-state index contributed by atoms with van der Waals surface area (Å²) in [6.07, 6.45) is 5.28. The molecule has 0 saturated carbocycles. The number of piperazine rings is 1. The zero-order chi connectivity index (χ0) is 17.5. The molecule has 0 unspecified atom stereocenters. The van der Waals surface area contributed by atoms with E-state index in [0.29, 0.717) is 0 Å². The number of H-pyrrole nitrogens is 2. The second kappa shape index (κ2) is 6.48. The number of aromatic amines is 2. The van der Waals surface area contributed by atoms with Crippen LogP contribution in [0.3, 0.4) is 0 Å². The molecule has 1 fully saturated rings. The molecule has 6 nitrogen and oxygen atoms in total. The number of hydrogen-bond donors (Lipinski definition) is 2. The fraction of sp³-hybridized carbons (Fsp3) is 0.421. The summed E-state index contributed by atoms with van der Waals surface area (Å²) in [5.74, 6) is 2.00. The second-order valence-electron chi connectivity index (χ2n) is 7.21. The molecule has 4 heterocycles. The summed E-state index contributed by atoms with van der Waals surface area (Å²) in [5, 5.41) is 0.852. The lowest BCUT2D eigenvalue weighted by Crippen LogP contribution is -3.13. The van der Waals surface area contributed by atoms with Gasteiger partial charge in [-0.15, -0.1) is 11.3 Å². The van der Waals surface area contributed by atoms with Gasteiger partial charge in [-0.2, -0.15) is 0 Å². The number of thiophene rings is 1. The Morgan fingerprint density at radius 2 is 2.15 bits per heavy atom. The molecular formula is C19H23N5OS+2. The highest BCUT2D eigenvalue weighted by Crippen LogP contribution is 2.34. The number of nitrogens with one attached hydrogen (secondary N) is 3. The molecule has 0 atom stereocenters. The summed E-state index contributed by atoms with van der Waals surface area (Å²) in [6, 6.07) is 6.19. The van der Waals surface area contributed by atoms with Crippen LogP contribution >= 0.6 is 11.3 Å². The zero-order valence-corrected chi connectivity index (χ0v) is 15.5. The van der Waals surface area contributed by atoms with Gasteiger partial charge in [0.25, 0.3) is 11.4 Å². The minimum atomic E-state index is 0.0568. The highest BCUT2D eigenvalue weighted by atomic mass is 32.1. The van der Waals surface area contributed by atoms with Crippen LogP contribution in [0.25, 0.3) is 10.2 Å². The lowest BCUT2D eigenvalue weighted by atomic mass is 10.2. The predicted molar refractivity (Wildman–Crippen MR) is 102 cm³/mol. The monoisotopic (exact) mass is 369 g/mol. The van der Waals surface area contributed by atoms with Gasteiger partial charge in [-0.1, -0.05) is 6.07 Å². The van der Waals surface area contributed by atoms with Gasteiger partial charge in [-0.05, 0) is 30.9 Å². The summed E-state index contributed by atoms with van der Waals surface area (Å²) < 4.78 is 0. The first-order valence-corrected chi connectivity index (χ1v) is 10.2. The van der Waals surface area contributed by atoms with Crippen molar-refractivity contribution < 1.29 is 9.88 Å². The van der Waals surface area contributed by atoms with Gasteiger partial charge in [0, 0.05) is 10.9 Å². The van der Waals surface area contributed by atoms with E-state index < -0.39 is 0 Å². The molecule has 3 aromatic heterocycles. The molecule has 134 valence electrons. The van der Waals surface area contributed by atoms with Crippen molar-refractivity contribution in [3.05, 3.63) is 51.0 Å². The van der Waals surface area contributed by atoms with Crippen LogP contribution in [0, 0.1) is 0 Å². The van der Waals surface area contributed by atoms with Gasteiger partial charge in [0.15, 0.2) is 5.82 Å². The lowest BCUT2D eigenvalue weighted by Gasteiger charge is -2.27. The maximum absolute atomic E-state index is 12.6. The fourth-order valence-corrected chi connectivity index (χ4v) is 5.47. The number of anilines is 1. The third-order valence-electron chi connectivity index (χ3n) is 5.55. The van der Waals surface area contributed by atoms with Crippen LogP contribution in [0.1, 0.15) is 22.7 Å². The first-order valence-electron chi connectivity index (χ1n) is 9.36. The Kier molecular flexibility index (Phi) is 3.98. The molecule has 1 aliphatic carbocycles. The molecule has 0 aromatic carbocycles. The lowest BCUT2D eigenvalue weighted by molar-refractivity contribution is -0.915. The molecule has 1 aliphatic heterocycles. The summed E-state index contributed by atoms with van der Waals surface area (Å²) in [5.41, 5.74) is 1.31. The van der Waals surface area contributed by atoms with E-state index in [1.807, 2.05) is 12.3 Å². The van der Waals surface area contributed by atoms with Crippen LogP contribution in [0.4, 0.5) is 5.82 Å². The van der Waals surface area contributed by atoms with E-state index in [9.17, 15) is 4.79 Å².